The van der Waals surface area contributed by atoms with E-state index in [2.05, 4.69) is 0 Å². The van der Waals surface area contributed by atoms with E-state index in [-0.39, 0.29) is 38.7 Å². The fourth-order valence-corrected chi connectivity index (χ4v) is 5.26. The second kappa shape index (κ2) is 11.0. The van der Waals surface area contributed by atoms with Gasteiger partial charge in [0.2, 0.25) is 11.7 Å². The van der Waals surface area contributed by atoms with Crippen molar-refractivity contribution in [3.05, 3.63) is 63.1 Å². The van der Waals surface area contributed by atoms with Gasteiger partial charge < -0.3 is 58.4 Å². The molecule has 0 radical (unpaired) electrons. The number of hydrogen-bond donors (Lipinski definition) is 6. The van der Waals surface area contributed by atoms with Crippen molar-refractivity contribution < 1.29 is 58.4 Å². The van der Waals surface area contributed by atoms with E-state index in [9.17, 15) is 40.2 Å². The van der Waals surface area contributed by atoms with Crippen molar-refractivity contribution in [1.29, 1.82) is 0 Å². The Balaban J connectivity index is 1.41. The van der Waals surface area contributed by atoms with E-state index in [0.29, 0.717) is 0 Å². The fraction of sp³-hybridized carbons (Fsp3) is 0.429. The molecule has 14 heteroatoms. The average Bonchev–Trinajstić information content (AvgIpc) is 2.98. The van der Waals surface area contributed by atoms with E-state index in [1.807, 2.05) is 0 Å². The monoisotopic (exact) mass is 588 g/mol. The molecule has 4 aromatic rings. The molecule has 10 atom stereocenters. The van der Waals surface area contributed by atoms with E-state index in [0.717, 1.165) is 0 Å². The highest BCUT2D eigenvalue weighted by Gasteiger charge is 2.51. The lowest BCUT2D eigenvalue weighted by atomic mass is 9.97. The van der Waals surface area contributed by atoms with Crippen LogP contribution in [0.4, 0.5) is 0 Å². The van der Waals surface area contributed by atoms with E-state index in [4.69, 9.17) is 27.8 Å². The van der Waals surface area contributed by atoms with Gasteiger partial charge in [-0.1, -0.05) is 18.2 Å². The SMILES string of the molecule is CC1OC(OC2C(Oc3cccc4c3oc(=O)c3c(=O)c5ccccc5oc34)OC(CO)C(O)C2O)C(O)C(O)C1O. The Morgan fingerprint density at radius 1 is 0.762 bits per heavy atom. The molecule has 6 rings (SSSR count). The van der Waals surface area contributed by atoms with Gasteiger partial charge in [0.25, 0.3) is 0 Å². The molecule has 2 aromatic heterocycles. The van der Waals surface area contributed by atoms with Gasteiger partial charge in [0.15, 0.2) is 34.7 Å². The highest BCUT2D eigenvalue weighted by Crippen LogP contribution is 2.35. The molecule has 0 aliphatic carbocycles. The summed E-state index contributed by atoms with van der Waals surface area (Å²) >= 11 is 0. The molecule has 4 heterocycles. The molecule has 2 aromatic carbocycles. The van der Waals surface area contributed by atoms with Crippen molar-refractivity contribution in [2.24, 2.45) is 0 Å². The van der Waals surface area contributed by atoms with Gasteiger partial charge in [-0.15, -0.1) is 0 Å². The van der Waals surface area contributed by atoms with E-state index >= 15 is 0 Å². The number of aliphatic hydroxyl groups is 6. The first kappa shape index (κ1) is 28.7. The molecule has 42 heavy (non-hydrogen) atoms. The summed E-state index contributed by atoms with van der Waals surface area (Å²) in [6.07, 6.45) is -15.4. The molecule has 0 saturated carbocycles. The topological polar surface area (TPSA) is 219 Å². The molecule has 0 amide bonds. The van der Waals surface area contributed by atoms with Crippen LogP contribution in [0.25, 0.3) is 32.9 Å². The van der Waals surface area contributed by atoms with Gasteiger partial charge in [0, 0.05) is 0 Å². The fourth-order valence-electron chi connectivity index (χ4n) is 5.26. The van der Waals surface area contributed by atoms with Crippen LogP contribution in [0.1, 0.15) is 6.92 Å². The molecule has 0 spiro atoms. The first-order valence-corrected chi connectivity index (χ1v) is 13.2. The molecule has 2 aliphatic heterocycles. The molecule has 0 bridgehead atoms. The van der Waals surface area contributed by atoms with Crippen molar-refractivity contribution in [2.45, 2.75) is 68.3 Å². The third kappa shape index (κ3) is 4.66. The van der Waals surface area contributed by atoms with Crippen molar-refractivity contribution >= 4 is 32.9 Å². The first-order chi connectivity index (χ1) is 20.1. The number of benzene rings is 2. The molecule has 10 unspecified atom stereocenters. The lowest BCUT2D eigenvalue weighted by Crippen LogP contribution is -2.64. The van der Waals surface area contributed by atoms with Crippen LogP contribution in [0, 0.1) is 0 Å². The van der Waals surface area contributed by atoms with Gasteiger partial charge in [-0.05, 0) is 31.2 Å². The van der Waals surface area contributed by atoms with Crippen LogP contribution < -0.4 is 15.8 Å². The molecule has 224 valence electrons. The van der Waals surface area contributed by atoms with Crippen LogP contribution in [-0.4, -0.2) is 98.7 Å². The summed E-state index contributed by atoms with van der Waals surface area (Å²) in [5.41, 5.74) is -1.51. The van der Waals surface area contributed by atoms with E-state index in [1.165, 1.54) is 31.2 Å². The normalized spacial score (nSPS) is 33.8. The van der Waals surface area contributed by atoms with Crippen LogP contribution in [0.2, 0.25) is 0 Å². The third-order valence-corrected chi connectivity index (χ3v) is 7.59. The minimum absolute atomic E-state index is 0.0447. The number of para-hydroxylation sites is 2. The van der Waals surface area contributed by atoms with Crippen molar-refractivity contribution in [3.8, 4) is 5.75 Å². The minimum Gasteiger partial charge on any atom is -0.458 e. The summed E-state index contributed by atoms with van der Waals surface area (Å²) in [6.45, 7) is 0.710. The zero-order valence-electron chi connectivity index (χ0n) is 22.0. The van der Waals surface area contributed by atoms with E-state index < -0.39 is 79.1 Å². The molecular weight excluding hydrogens is 560 g/mol. The predicted octanol–water partition coefficient (Wildman–Crippen LogP) is -0.917. The van der Waals surface area contributed by atoms with Gasteiger partial charge in [-0.25, -0.2) is 4.79 Å². The smallest absolute Gasteiger partial charge is 0.351 e. The number of aliphatic hydroxyl groups excluding tert-OH is 6. The molecule has 2 aliphatic rings. The van der Waals surface area contributed by atoms with Gasteiger partial charge in [-0.3, -0.25) is 4.79 Å². The van der Waals surface area contributed by atoms with Crippen LogP contribution in [0.3, 0.4) is 0 Å². The van der Waals surface area contributed by atoms with Crippen LogP contribution in [0.5, 0.6) is 5.75 Å². The number of ether oxygens (including phenoxy) is 4. The van der Waals surface area contributed by atoms with Gasteiger partial charge in [0.05, 0.1) is 23.5 Å². The Labute approximate surface area is 235 Å². The minimum atomic E-state index is -1.76. The largest absolute Gasteiger partial charge is 0.458 e. The predicted molar refractivity (Wildman–Crippen MR) is 142 cm³/mol. The van der Waals surface area contributed by atoms with Crippen molar-refractivity contribution in [3.63, 3.8) is 0 Å². The Morgan fingerprint density at radius 3 is 2.26 bits per heavy atom. The molecule has 14 nitrogen and oxygen atoms in total. The second-order valence-electron chi connectivity index (χ2n) is 10.3. The summed E-state index contributed by atoms with van der Waals surface area (Å²) in [5, 5.41) is 61.9. The van der Waals surface area contributed by atoms with Gasteiger partial charge in [0.1, 0.15) is 42.2 Å². The summed E-state index contributed by atoms with van der Waals surface area (Å²) in [5.74, 6) is -0.116. The number of rotatable bonds is 5. The summed E-state index contributed by atoms with van der Waals surface area (Å²) < 4.78 is 34.3. The summed E-state index contributed by atoms with van der Waals surface area (Å²) in [7, 11) is 0. The van der Waals surface area contributed by atoms with Crippen molar-refractivity contribution in [2.75, 3.05) is 6.61 Å². The standard InChI is InChI=1S/C28H28O14/c1-10-17(30)20(33)22(35)27(37-10)42-25-21(34)19(32)15(9-29)40-28(25)39-14-8-4-6-12-23(14)41-26(36)16-18(31)11-5-2-3-7-13(11)38-24(12)16/h2-8,10,15,17,19-22,25,27-30,32-35H,9H2,1H3. The Morgan fingerprint density at radius 2 is 1.50 bits per heavy atom. The maximum atomic E-state index is 13.1. The third-order valence-electron chi connectivity index (χ3n) is 7.59. The molecular formula is C28H28O14. The summed E-state index contributed by atoms with van der Waals surface area (Å²) in [4.78, 5) is 26.1. The van der Waals surface area contributed by atoms with Gasteiger partial charge in [-0.2, -0.15) is 0 Å². The first-order valence-electron chi connectivity index (χ1n) is 13.2. The average molecular weight is 589 g/mol. The summed E-state index contributed by atoms with van der Waals surface area (Å²) in [6, 6.07) is 10.9. The second-order valence-corrected chi connectivity index (χ2v) is 10.3. The molecule has 2 fully saturated rings. The zero-order valence-corrected chi connectivity index (χ0v) is 22.0. The molecule has 6 N–H and O–H groups in total. The number of hydrogen-bond acceptors (Lipinski definition) is 14. The van der Waals surface area contributed by atoms with Crippen LogP contribution in [0.15, 0.2) is 60.9 Å². The maximum Gasteiger partial charge on any atom is 0.351 e. The number of fused-ring (bicyclic) bond motifs is 4. The van der Waals surface area contributed by atoms with E-state index in [1.54, 1.807) is 18.2 Å². The lowest BCUT2D eigenvalue weighted by Gasteiger charge is -2.45. The quantitative estimate of drug-likeness (QED) is 0.0944. The highest BCUT2D eigenvalue weighted by molar-refractivity contribution is 6.04. The maximum absolute atomic E-state index is 13.1. The lowest BCUT2D eigenvalue weighted by molar-refractivity contribution is -0.354. The van der Waals surface area contributed by atoms with Crippen LogP contribution in [-0.2, 0) is 14.2 Å². The molecule has 2 saturated heterocycles. The van der Waals surface area contributed by atoms with Crippen LogP contribution >= 0.6 is 0 Å². The zero-order chi connectivity index (χ0) is 29.9. The Kier molecular flexibility index (Phi) is 7.51. The van der Waals surface area contributed by atoms with Crippen molar-refractivity contribution in [1.82, 2.24) is 0 Å². The highest BCUT2D eigenvalue weighted by atomic mass is 16.8. The van der Waals surface area contributed by atoms with Gasteiger partial charge >= 0.3 is 5.63 Å². The Hall–Kier alpha value is -3.44. The Bertz CT molecular complexity index is 1730.